The van der Waals surface area contributed by atoms with Crippen molar-refractivity contribution in [2.45, 2.75) is 0 Å². The van der Waals surface area contributed by atoms with Crippen molar-refractivity contribution in [1.29, 1.82) is 0 Å². The third kappa shape index (κ3) is 3.52. The van der Waals surface area contributed by atoms with Crippen molar-refractivity contribution in [1.82, 2.24) is 0 Å². The van der Waals surface area contributed by atoms with E-state index in [1.54, 1.807) is 11.3 Å². The summed E-state index contributed by atoms with van der Waals surface area (Å²) >= 11 is 1.76. The standard InChI is InChI=1S/C17H17N2S.BrH/c1-18(2)15-9-7-14(8-10-15)11-12-19-13-20-17-6-4-3-5-16(17)19;/h3-13H,1-2H3;1H/q+1;/p-1. The summed E-state index contributed by atoms with van der Waals surface area (Å²) in [6.07, 6.45) is 4.25. The van der Waals surface area contributed by atoms with Crippen LogP contribution in [-0.4, -0.2) is 14.1 Å². The van der Waals surface area contributed by atoms with Gasteiger partial charge < -0.3 is 21.9 Å². The average molecular weight is 361 g/mol. The van der Waals surface area contributed by atoms with Gasteiger partial charge in [-0.05, 0) is 23.8 Å². The van der Waals surface area contributed by atoms with E-state index < -0.39 is 0 Å². The summed E-state index contributed by atoms with van der Waals surface area (Å²) in [7, 11) is 4.11. The number of anilines is 1. The molecule has 0 aliphatic heterocycles. The first kappa shape index (κ1) is 15.7. The van der Waals surface area contributed by atoms with Crippen LogP contribution in [0.3, 0.4) is 0 Å². The maximum Gasteiger partial charge on any atom is 0.231 e. The predicted octanol–water partition coefficient (Wildman–Crippen LogP) is 0.887. The molecule has 0 bridgehead atoms. The first-order valence-corrected chi connectivity index (χ1v) is 7.45. The zero-order valence-corrected chi connectivity index (χ0v) is 14.4. The molecule has 0 atom stereocenters. The second-order valence-corrected chi connectivity index (χ2v) is 5.79. The number of fused-ring (bicyclic) bond motifs is 1. The molecule has 0 aliphatic rings. The molecule has 0 unspecified atom stereocenters. The quantitative estimate of drug-likeness (QED) is 0.629. The number of aromatic nitrogens is 1. The maximum atomic E-state index is 2.17. The Labute approximate surface area is 139 Å². The molecular weight excluding hydrogens is 344 g/mol. The van der Waals surface area contributed by atoms with Crippen molar-refractivity contribution in [2.75, 3.05) is 19.0 Å². The van der Waals surface area contributed by atoms with Gasteiger partial charge in [0.2, 0.25) is 11.0 Å². The van der Waals surface area contributed by atoms with Crippen molar-refractivity contribution in [3.63, 3.8) is 0 Å². The molecule has 21 heavy (non-hydrogen) atoms. The van der Waals surface area contributed by atoms with Gasteiger partial charge in [-0.1, -0.05) is 35.6 Å². The molecule has 2 nitrogen and oxygen atoms in total. The molecule has 0 radical (unpaired) electrons. The van der Waals surface area contributed by atoms with Gasteiger partial charge in [0.25, 0.3) is 0 Å². The number of para-hydroxylation sites is 1. The van der Waals surface area contributed by atoms with Gasteiger partial charge in [0.05, 0.1) is 0 Å². The smallest absolute Gasteiger partial charge is 0.231 e. The van der Waals surface area contributed by atoms with Gasteiger partial charge in [-0.15, -0.1) is 0 Å². The maximum absolute atomic E-state index is 2.17. The van der Waals surface area contributed by atoms with Crippen LogP contribution in [0.2, 0.25) is 0 Å². The van der Waals surface area contributed by atoms with Crippen molar-refractivity contribution in [3.8, 4) is 0 Å². The fraction of sp³-hybridized carbons (Fsp3) is 0.118. The van der Waals surface area contributed by atoms with Gasteiger partial charge in [-0.25, -0.2) is 0 Å². The van der Waals surface area contributed by atoms with E-state index >= 15 is 0 Å². The largest absolute Gasteiger partial charge is 1.00 e. The molecule has 0 N–H and O–H groups in total. The molecule has 3 aromatic rings. The van der Waals surface area contributed by atoms with Gasteiger partial charge in [0.1, 0.15) is 4.70 Å². The summed E-state index contributed by atoms with van der Waals surface area (Å²) < 4.78 is 3.47. The zero-order chi connectivity index (χ0) is 13.9. The van der Waals surface area contributed by atoms with Crippen LogP contribution in [0.25, 0.3) is 22.5 Å². The summed E-state index contributed by atoms with van der Waals surface area (Å²) in [5, 5.41) is 0. The van der Waals surface area contributed by atoms with Gasteiger partial charge in [0, 0.05) is 31.9 Å². The summed E-state index contributed by atoms with van der Waals surface area (Å²) in [5.41, 5.74) is 5.81. The fourth-order valence-electron chi connectivity index (χ4n) is 2.11. The Morgan fingerprint density at radius 1 is 1.00 bits per heavy atom. The first-order chi connectivity index (χ1) is 9.74. The molecule has 0 amide bonds. The Morgan fingerprint density at radius 2 is 1.71 bits per heavy atom. The minimum Gasteiger partial charge on any atom is -1.00 e. The third-order valence-electron chi connectivity index (χ3n) is 3.27. The number of halogens is 1. The van der Waals surface area contributed by atoms with Crippen molar-refractivity contribution in [2.24, 2.45) is 0 Å². The van der Waals surface area contributed by atoms with Gasteiger partial charge in [-0.3, -0.25) is 0 Å². The van der Waals surface area contributed by atoms with Gasteiger partial charge in [-0.2, -0.15) is 4.57 Å². The lowest BCUT2D eigenvalue weighted by atomic mass is 10.2. The second-order valence-electron chi connectivity index (χ2n) is 4.90. The monoisotopic (exact) mass is 360 g/mol. The molecular formula is C17H17BrN2S. The van der Waals surface area contributed by atoms with Crippen LogP contribution in [0, 0.1) is 0 Å². The Kier molecular flexibility index (Phi) is 5.15. The summed E-state index contributed by atoms with van der Waals surface area (Å²) in [6.45, 7) is 0. The number of hydrogen-bond donors (Lipinski definition) is 0. The molecule has 0 saturated heterocycles. The highest BCUT2D eigenvalue weighted by molar-refractivity contribution is 7.16. The van der Waals surface area contributed by atoms with Crippen LogP contribution in [0.5, 0.6) is 0 Å². The molecule has 0 saturated carbocycles. The number of thiazole rings is 1. The van der Waals surface area contributed by atoms with Crippen molar-refractivity contribution >= 4 is 39.5 Å². The molecule has 2 aromatic carbocycles. The first-order valence-electron chi connectivity index (χ1n) is 6.57. The Hall–Kier alpha value is -1.65. The highest BCUT2D eigenvalue weighted by Crippen LogP contribution is 2.16. The number of rotatable bonds is 3. The third-order valence-corrected chi connectivity index (χ3v) is 4.21. The molecule has 0 spiro atoms. The molecule has 1 aromatic heterocycles. The zero-order valence-electron chi connectivity index (χ0n) is 12.0. The predicted molar refractivity (Wildman–Crippen MR) is 88.0 cm³/mol. The van der Waals surface area contributed by atoms with Gasteiger partial charge in [0.15, 0.2) is 6.20 Å². The molecule has 0 aliphatic carbocycles. The molecule has 0 fully saturated rings. The highest BCUT2D eigenvalue weighted by Gasteiger charge is 2.07. The van der Waals surface area contributed by atoms with Crippen LogP contribution in [0.1, 0.15) is 5.56 Å². The summed E-state index contributed by atoms with van der Waals surface area (Å²) in [5.74, 6) is 0. The van der Waals surface area contributed by atoms with Crippen LogP contribution >= 0.6 is 11.3 Å². The van der Waals surface area contributed by atoms with E-state index in [0.29, 0.717) is 0 Å². The SMILES string of the molecule is CN(C)c1ccc(C=C[n+]2csc3ccccc32)cc1.[Br-]. The number of nitrogens with zero attached hydrogens (tertiary/aromatic N) is 2. The van der Waals surface area contributed by atoms with Crippen molar-refractivity contribution < 1.29 is 21.5 Å². The summed E-state index contributed by atoms with van der Waals surface area (Å²) in [6, 6.07) is 17.0. The van der Waals surface area contributed by atoms with Crippen LogP contribution < -0.4 is 26.4 Å². The minimum atomic E-state index is 0. The van der Waals surface area contributed by atoms with Crippen LogP contribution in [-0.2, 0) is 0 Å². The molecule has 1 heterocycles. The van der Waals surface area contributed by atoms with Crippen LogP contribution in [0.15, 0.2) is 54.0 Å². The average Bonchev–Trinajstić information content (AvgIpc) is 2.89. The minimum absolute atomic E-state index is 0. The lowest BCUT2D eigenvalue weighted by Crippen LogP contribution is -3.00. The van der Waals surface area contributed by atoms with E-state index in [-0.39, 0.29) is 17.0 Å². The van der Waals surface area contributed by atoms with E-state index in [9.17, 15) is 0 Å². The van der Waals surface area contributed by atoms with Crippen molar-refractivity contribution in [3.05, 3.63) is 59.6 Å². The Morgan fingerprint density at radius 3 is 2.43 bits per heavy atom. The van der Waals surface area contributed by atoms with E-state index in [4.69, 9.17) is 0 Å². The molecule has 3 rings (SSSR count). The Balaban J connectivity index is 0.00000161. The van der Waals surface area contributed by atoms with E-state index in [2.05, 4.69) is 89.9 Å². The topological polar surface area (TPSA) is 7.12 Å². The molecule has 108 valence electrons. The van der Waals surface area contributed by atoms with E-state index in [1.807, 2.05) is 0 Å². The van der Waals surface area contributed by atoms with Gasteiger partial charge >= 0.3 is 0 Å². The normalized spacial score (nSPS) is 10.8. The number of hydrogen-bond acceptors (Lipinski definition) is 2. The fourth-order valence-corrected chi connectivity index (χ4v) is 2.97. The van der Waals surface area contributed by atoms with Crippen LogP contribution in [0.4, 0.5) is 5.69 Å². The number of benzene rings is 2. The lowest BCUT2D eigenvalue weighted by molar-refractivity contribution is -0.532. The Bertz CT molecular complexity index is 745. The second kappa shape index (κ2) is 6.87. The highest BCUT2D eigenvalue weighted by atomic mass is 79.9. The van der Waals surface area contributed by atoms with E-state index in [1.165, 1.54) is 21.5 Å². The summed E-state index contributed by atoms with van der Waals surface area (Å²) in [4.78, 5) is 2.11. The molecule has 4 heteroatoms. The van der Waals surface area contributed by atoms with E-state index in [0.717, 1.165) is 0 Å². The lowest BCUT2D eigenvalue weighted by Gasteiger charge is -2.11.